The van der Waals surface area contributed by atoms with Crippen molar-refractivity contribution in [1.29, 1.82) is 0 Å². The predicted octanol–water partition coefficient (Wildman–Crippen LogP) is 2.80. The van der Waals surface area contributed by atoms with Crippen molar-refractivity contribution < 1.29 is 9.53 Å². The molecule has 2 aromatic heterocycles. The number of carbonyl (C=O) groups excluding carboxylic acids is 1. The van der Waals surface area contributed by atoms with Gasteiger partial charge in [-0.1, -0.05) is 0 Å². The topological polar surface area (TPSA) is 47.4 Å². The Balaban J connectivity index is 1.52. The summed E-state index contributed by atoms with van der Waals surface area (Å²) in [6.45, 7) is 5.06. The van der Waals surface area contributed by atoms with E-state index in [1.54, 1.807) is 11.3 Å². The summed E-state index contributed by atoms with van der Waals surface area (Å²) in [5.74, 6) is 1.19. The number of carbonyl (C=O) groups is 1. The van der Waals surface area contributed by atoms with E-state index in [4.69, 9.17) is 4.74 Å². The van der Waals surface area contributed by atoms with Gasteiger partial charge in [-0.25, -0.2) is 4.98 Å². The first-order valence-electron chi connectivity index (χ1n) is 8.20. The quantitative estimate of drug-likeness (QED) is 0.850. The van der Waals surface area contributed by atoms with E-state index in [9.17, 15) is 4.79 Å². The standard InChI is InChI=1S/C17H21N3O2S/c1-12-18-5-7-20(12)14-3-2-6-19(10-14)17(21)16-9-13-11-22-8-4-15(13)23-16/h5,7,9,14H,2-4,6,8,10-11H2,1H3/t14-/m0/s1. The number of piperidine rings is 1. The van der Waals surface area contributed by atoms with Crippen LogP contribution in [0.4, 0.5) is 0 Å². The van der Waals surface area contributed by atoms with Crippen molar-refractivity contribution in [3.63, 3.8) is 0 Å². The van der Waals surface area contributed by atoms with Crippen molar-refractivity contribution in [2.75, 3.05) is 19.7 Å². The highest BCUT2D eigenvalue weighted by Gasteiger charge is 2.28. The molecule has 4 heterocycles. The summed E-state index contributed by atoms with van der Waals surface area (Å²) in [5, 5.41) is 0. The van der Waals surface area contributed by atoms with Gasteiger partial charge in [-0.2, -0.15) is 0 Å². The van der Waals surface area contributed by atoms with Gasteiger partial charge in [0.1, 0.15) is 5.82 Å². The van der Waals surface area contributed by atoms with Gasteiger partial charge >= 0.3 is 0 Å². The predicted molar refractivity (Wildman–Crippen MR) is 88.8 cm³/mol. The molecule has 23 heavy (non-hydrogen) atoms. The minimum Gasteiger partial charge on any atom is -0.376 e. The molecule has 2 aromatic rings. The number of imidazole rings is 1. The highest BCUT2D eigenvalue weighted by molar-refractivity contribution is 7.14. The summed E-state index contributed by atoms with van der Waals surface area (Å²) in [6, 6.07) is 2.38. The van der Waals surface area contributed by atoms with Gasteiger partial charge in [-0.15, -0.1) is 11.3 Å². The van der Waals surface area contributed by atoms with Crippen molar-refractivity contribution in [1.82, 2.24) is 14.5 Å². The van der Waals surface area contributed by atoms with Crippen molar-refractivity contribution in [2.45, 2.75) is 38.8 Å². The van der Waals surface area contributed by atoms with Crippen LogP contribution in [-0.2, 0) is 17.8 Å². The molecule has 1 saturated heterocycles. The number of thiophene rings is 1. The molecule has 1 atom stereocenters. The third-order valence-corrected chi connectivity index (χ3v) is 6.00. The van der Waals surface area contributed by atoms with Crippen LogP contribution >= 0.6 is 11.3 Å². The number of aryl methyl sites for hydroxylation is 1. The van der Waals surface area contributed by atoms with Gasteiger partial charge in [0, 0.05) is 36.8 Å². The molecule has 0 saturated carbocycles. The van der Waals surface area contributed by atoms with Crippen molar-refractivity contribution in [3.05, 3.63) is 39.6 Å². The molecule has 2 aliphatic rings. The molecular weight excluding hydrogens is 310 g/mol. The van der Waals surface area contributed by atoms with E-state index >= 15 is 0 Å². The molecule has 1 fully saturated rings. The molecule has 122 valence electrons. The normalized spacial score (nSPS) is 21.3. The molecule has 0 N–H and O–H groups in total. The summed E-state index contributed by atoms with van der Waals surface area (Å²) in [7, 11) is 0. The SMILES string of the molecule is Cc1nccn1[C@H]1CCCN(C(=O)c2cc3c(s2)CCOC3)C1. The summed E-state index contributed by atoms with van der Waals surface area (Å²) in [6.07, 6.45) is 6.95. The second-order valence-electron chi connectivity index (χ2n) is 6.29. The number of amides is 1. The molecule has 0 radical (unpaired) electrons. The lowest BCUT2D eigenvalue weighted by molar-refractivity contribution is 0.0683. The van der Waals surface area contributed by atoms with Gasteiger partial charge in [0.15, 0.2) is 0 Å². The zero-order valence-corrected chi connectivity index (χ0v) is 14.1. The van der Waals surface area contributed by atoms with Gasteiger partial charge < -0.3 is 14.2 Å². The summed E-state index contributed by atoms with van der Waals surface area (Å²) in [5.41, 5.74) is 1.20. The summed E-state index contributed by atoms with van der Waals surface area (Å²) < 4.78 is 7.69. The van der Waals surface area contributed by atoms with E-state index in [0.29, 0.717) is 12.6 Å². The Kier molecular flexibility index (Phi) is 3.95. The maximum absolute atomic E-state index is 12.9. The molecule has 0 aromatic carbocycles. The Morgan fingerprint density at radius 1 is 1.48 bits per heavy atom. The van der Waals surface area contributed by atoms with Crippen LogP contribution in [0.15, 0.2) is 18.5 Å². The average molecular weight is 331 g/mol. The van der Waals surface area contributed by atoms with Crippen LogP contribution in [-0.4, -0.2) is 40.1 Å². The second kappa shape index (κ2) is 6.09. The third kappa shape index (κ3) is 2.81. The van der Waals surface area contributed by atoms with E-state index in [0.717, 1.165) is 49.7 Å². The van der Waals surface area contributed by atoms with Crippen LogP contribution in [0.3, 0.4) is 0 Å². The number of ether oxygens (including phenoxy) is 1. The fourth-order valence-electron chi connectivity index (χ4n) is 3.55. The summed E-state index contributed by atoms with van der Waals surface area (Å²) >= 11 is 1.65. The Bertz CT molecular complexity index is 698. The first kappa shape index (κ1) is 14.9. The number of hydrogen-bond acceptors (Lipinski definition) is 4. The van der Waals surface area contributed by atoms with Crippen molar-refractivity contribution in [2.24, 2.45) is 0 Å². The number of hydrogen-bond donors (Lipinski definition) is 0. The van der Waals surface area contributed by atoms with E-state index in [-0.39, 0.29) is 5.91 Å². The number of aromatic nitrogens is 2. The number of rotatable bonds is 2. The average Bonchev–Trinajstić information content (AvgIpc) is 3.20. The van der Waals surface area contributed by atoms with Gasteiger partial charge in [0.05, 0.1) is 24.1 Å². The van der Waals surface area contributed by atoms with Crippen LogP contribution in [0.1, 0.15) is 44.8 Å². The van der Waals surface area contributed by atoms with Crippen molar-refractivity contribution in [3.8, 4) is 0 Å². The molecule has 0 bridgehead atoms. The van der Waals surface area contributed by atoms with Gasteiger partial charge in [-0.05, 0) is 31.4 Å². The number of likely N-dealkylation sites (tertiary alicyclic amines) is 1. The monoisotopic (exact) mass is 331 g/mol. The lowest BCUT2D eigenvalue weighted by atomic mass is 10.0. The van der Waals surface area contributed by atoms with Gasteiger partial charge in [0.2, 0.25) is 0 Å². The Morgan fingerprint density at radius 3 is 3.17 bits per heavy atom. The van der Waals surface area contributed by atoms with Crippen molar-refractivity contribution >= 4 is 17.2 Å². The molecule has 0 aliphatic carbocycles. The zero-order valence-electron chi connectivity index (χ0n) is 13.3. The highest BCUT2D eigenvalue weighted by Crippen LogP contribution is 2.30. The number of fused-ring (bicyclic) bond motifs is 1. The first-order chi connectivity index (χ1) is 11.2. The van der Waals surface area contributed by atoms with E-state index < -0.39 is 0 Å². The van der Waals surface area contributed by atoms with Crippen LogP contribution < -0.4 is 0 Å². The molecule has 1 amide bonds. The smallest absolute Gasteiger partial charge is 0.264 e. The molecular formula is C17H21N3O2S. The highest BCUT2D eigenvalue weighted by atomic mass is 32.1. The molecule has 0 spiro atoms. The maximum atomic E-state index is 12.9. The van der Waals surface area contributed by atoms with E-state index in [1.807, 2.05) is 30.3 Å². The molecule has 2 aliphatic heterocycles. The second-order valence-corrected chi connectivity index (χ2v) is 7.43. The van der Waals surface area contributed by atoms with E-state index in [1.165, 1.54) is 10.4 Å². The molecule has 4 rings (SSSR count). The van der Waals surface area contributed by atoms with Crippen LogP contribution in [0.5, 0.6) is 0 Å². The Labute approximate surface area is 139 Å². The third-order valence-electron chi connectivity index (χ3n) is 4.78. The summed E-state index contributed by atoms with van der Waals surface area (Å²) in [4.78, 5) is 21.4. The molecule has 0 unspecified atom stereocenters. The fraction of sp³-hybridized carbons (Fsp3) is 0.529. The van der Waals surface area contributed by atoms with Gasteiger partial charge in [0.25, 0.3) is 5.91 Å². The lowest BCUT2D eigenvalue weighted by Gasteiger charge is -2.33. The maximum Gasteiger partial charge on any atom is 0.264 e. The Morgan fingerprint density at radius 2 is 2.39 bits per heavy atom. The van der Waals surface area contributed by atoms with Crippen LogP contribution in [0.25, 0.3) is 0 Å². The van der Waals surface area contributed by atoms with Crippen LogP contribution in [0.2, 0.25) is 0 Å². The minimum absolute atomic E-state index is 0.173. The largest absolute Gasteiger partial charge is 0.376 e. The molecule has 6 heteroatoms. The van der Waals surface area contributed by atoms with E-state index in [2.05, 4.69) is 9.55 Å². The van der Waals surface area contributed by atoms with Gasteiger partial charge in [-0.3, -0.25) is 4.79 Å². The zero-order chi connectivity index (χ0) is 15.8. The first-order valence-corrected chi connectivity index (χ1v) is 9.02. The minimum atomic E-state index is 0.173. The van der Waals surface area contributed by atoms with Crippen LogP contribution in [0, 0.1) is 6.92 Å². The fourth-order valence-corrected chi connectivity index (χ4v) is 4.67. The number of nitrogens with zero attached hydrogens (tertiary/aromatic N) is 3. The lowest BCUT2D eigenvalue weighted by Crippen LogP contribution is -2.40. The molecule has 5 nitrogen and oxygen atoms in total. The Hall–Kier alpha value is -1.66.